The highest BCUT2D eigenvalue weighted by molar-refractivity contribution is 6.04. The van der Waals surface area contributed by atoms with E-state index in [1.54, 1.807) is 41.2 Å². The van der Waals surface area contributed by atoms with Crippen molar-refractivity contribution in [2.24, 2.45) is 5.92 Å². The van der Waals surface area contributed by atoms with Crippen LogP contribution in [0.1, 0.15) is 28.8 Å². The number of H-pyrrole nitrogens is 1. The predicted octanol–water partition coefficient (Wildman–Crippen LogP) is 3.05. The molecule has 8 nitrogen and oxygen atoms in total. The highest BCUT2D eigenvalue weighted by Gasteiger charge is 2.32. The van der Waals surface area contributed by atoms with Crippen LogP contribution in [0.15, 0.2) is 42.7 Å². The first-order valence-electron chi connectivity index (χ1n) is 10.6. The monoisotopic (exact) mass is 434 g/mol. The first-order chi connectivity index (χ1) is 15.5. The smallest absolute Gasteiger partial charge is 0.255 e. The molecule has 0 unspecified atom stereocenters. The van der Waals surface area contributed by atoms with Crippen molar-refractivity contribution in [2.45, 2.75) is 19.4 Å². The zero-order valence-corrected chi connectivity index (χ0v) is 17.6. The van der Waals surface area contributed by atoms with Gasteiger partial charge in [0.1, 0.15) is 11.6 Å². The van der Waals surface area contributed by atoms with E-state index in [4.69, 9.17) is 0 Å². The number of pyridine rings is 1. The quantitative estimate of drug-likeness (QED) is 0.622. The molecule has 0 saturated heterocycles. The fraction of sp³-hybridized carbons (Fsp3) is 0.304. The maximum absolute atomic E-state index is 13.3. The molecule has 2 N–H and O–H groups in total. The SMILES string of the molecule is CN(Cc1cn[nH]c1-c1ccc(F)cc1)C(=O)c1cnc2c(c1)N(CC1CC1)C(=O)CN2. The molecule has 0 radical (unpaired) electrons. The minimum Gasteiger partial charge on any atom is -0.359 e. The van der Waals surface area contributed by atoms with Crippen molar-refractivity contribution in [2.75, 3.05) is 30.4 Å². The molecule has 9 heteroatoms. The lowest BCUT2D eigenvalue weighted by Crippen LogP contribution is -2.41. The van der Waals surface area contributed by atoms with Crippen LogP contribution in [0.25, 0.3) is 11.3 Å². The van der Waals surface area contributed by atoms with Crippen molar-refractivity contribution in [1.82, 2.24) is 20.1 Å². The summed E-state index contributed by atoms with van der Waals surface area (Å²) < 4.78 is 13.3. The Balaban J connectivity index is 1.36. The molecule has 0 atom stereocenters. The van der Waals surface area contributed by atoms with E-state index in [1.165, 1.54) is 18.3 Å². The molecule has 3 heterocycles. The van der Waals surface area contributed by atoms with E-state index in [0.717, 1.165) is 29.7 Å². The molecule has 1 fully saturated rings. The van der Waals surface area contributed by atoms with Crippen LogP contribution in [0, 0.1) is 11.7 Å². The number of amides is 2. The lowest BCUT2D eigenvalue weighted by molar-refractivity contribution is -0.117. The summed E-state index contributed by atoms with van der Waals surface area (Å²) in [6.07, 6.45) is 5.45. The number of fused-ring (bicyclic) bond motifs is 1. The van der Waals surface area contributed by atoms with E-state index in [0.29, 0.717) is 36.1 Å². The number of hydrogen-bond acceptors (Lipinski definition) is 5. The number of benzene rings is 1. The van der Waals surface area contributed by atoms with Gasteiger partial charge in [-0.15, -0.1) is 0 Å². The van der Waals surface area contributed by atoms with Crippen LogP contribution in [0.4, 0.5) is 15.9 Å². The topological polar surface area (TPSA) is 94.2 Å². The maximum atomic E-state index is 13.3. The normalized spacial score (nSPS) is 15.3. The average molecular weight is 434 g/mol. The second kappa shape index (κ2) is 8.07. The summed E-state index contributed by atoms with van der Waals surface area (Å²) in [6.45, 7) is 1.19. The molecule has 2 aliphatic rings. The van der Waals surface area contributed by atoms with Crippen LogP contribution >= 0.6 is 0 Å². The van der Waals surface area contributed by atoms with Crippen molar-refractivity contribution in [3.63, 3.8) is 0 Å². The fourth-order valence-electron chi connectivity index (χ4n) is 3.91. The third-order valence-electron chi connectivity index (χ3n) is 5.86. The number of halogens is 1. The molecule has 164 valence electrons. The zero-order chi connectivity index (χ0) is 22.2. The van der Waals surface area contributed by atoms with Crippen LogP contribution in [0.2, 0.25) is 0 Å². The number of nitrogens with zero attached hydrogens (tertiary/aromatic N) is 4. The molecule has 32 heavy (non-hydrogen) atoms. The zero-order valence-electron chi connectivity index (χ0n) is 17.6. The van der Waals surface area contributed by atoms with Gasteiger partial charge in [0, 0.05) is 37.5 Å². The summed E-state index contributed by atoms with van der Waals surface area (Å²) >= 11 is 0. The van der Waals surface area contributed by atoms with Crippen LogP contribution in [0.3, 0.4) is 0 Å². The highest BCUT2D eigenvalue weighted by atomic mass is 19.1. The Kier molecular flexibility index (Phi) is 5.08. The molecule has 2 aromatic heterocycles. The van der Waals surface area contributed by atoms with Crippen LogP contribution in [-0.2, 0) is 11.3 Å². The Morgan fingerprint density at radius 1 is 1.25 bits per heavy atom. The number of nitrogens with one attached hydrogen (secondary N) is 2. The van der Waals surface area contributed by atoms with E-state index < -0.39 is 0 Å². The van der Waals surface area contributed by atoms with Gasteiger partial charge in [0.05, 0.1) is 29.7 Å². The third-order valence-corrected chi connectivity index (χ3v) is 5.86. The Morgan fingerprint density at radius 3 is 2.78 bits per heavy atom. The van der Waals surface area contributed by atoms with Crippen molar-refractivity contribution in [3.8, 4) is 11.3 Å². The molecule has 1 aliphatic heterocycles. The maximum Gasteiger partial charge on any atom is 0.255 e. The second-order valence-corrected chi connectivity index (χ2v) is 8.33. The van der Waals surface area contributed by atoms with E-state index in [-0.39, 0.29) is 24.2 Å². The summed E-state index contributed by atoms with van der Waals surface area (Å²) in [4.78, 5) is 33.3. The Hall–Kier alpha value is -3.75. The third kappa shape index (κ3) is 3.93. The molecule has 2 amide bonds. The number of aromatic nitrogens is 3. The number of anilines is 2. The molecule has 3 aromatic rings. The van der Waals surface area contributed by atoms with Crippen LogP contribution in [0.5, 0.6) is 0 Å². The number of hydrogen-bond donors (Lipinski definition) is 2. The Bertz CT molecular complexity index is 1170. The van der Waals surface area contributed by atoms with Gasteiger partial charge in [-0.25, -0.2) is 9.37 Å². The van der Waals surface area contributed by atoms with E-state index in [9.17, 15) is 14.0 Å². The van der Waals surface area contributed by atoms with Gasteiger partial charge in [-0.2, -0.15) is 5.10 Å². The Morgan fingerprint density at radius 2 is 2.03 bits per heavy atom. The van der Waals surface area contributed by atoms with Gasteiger partial charge in [-0.1, -0.05) is 0 Å². The van der Waals surface area contributed by atoms with Crippen molar-refractivity contribution in [1.29, 1.82) is 0 Å². The summed E-state index contributed by atoms with van der Waals surface area (Å²) in [5, 5.41) is 10.1. The molecular formula is C23H23FN6O2. The van der Waals surface area contributed by atoms with Gasteiger partial charge in [0.15, 0.2) is 0 Å². The predicted molar refractivity (Wildman–Crippen MR) is 118 cm³/mol. The van der Waals surface area contributed by atoms with Gasteiger partial charge in [0.25, 0.3) is 5.91 Å². The van der Waals surface area contributed by atoms with Crippen molar-refractivity contribution in [3.05, 3.63) is 59.7 Å². The molecule has 5 rings (SSSR count). The van der Waals surface area contributed by atoms with Gasteiger partial charge in [-0.05, 0) is 49.1 Å². The average Bonchev–Trinajstić information content (AvgIpc) is 3.51. The Labute approximate surface area is 184 Å². The van der Waals surface area contributed by atoms with E-state index >= 15 is 0 Å². The fourth-order valence-corrected chi connectivity index (χ4v) is 3.91. The molecule has 0 spiro atoms. The van der Waals surface area contributed by atoms with Gasteiger partial charge < -0.3 is 15.1 Å². The largest absolute Gasteiger partial charge is 0.359 e. The van der Waals surface area contributed by atoms with Gasteiger partial charge in [0.2, 0.25) is 5.91 Å². The number of rotatable bonds is 6. The lowest BCUT2D eigenvalue weighted by atomic mass is 10.1. The molecular weight excluding hydrogens is 411 g/mol. The number of carbonyl (C=O) groups is 2. The summed E-state index contributed by atoms with van der Waals surface area (Å²) in [5.41, 5.74) is 3.40. The summed E-state index contributed by atoms with van der Waals surface area (Å²) in [6, 6.07) is 7.84. The van der Waals surface area contributed by atoms with Crippen LogP contribution < -0.4 is 10.2 Å². The number of aromatic amines is 1. The molecule has 0 bridgehead atoms. The molecule has 1 aromatic carbocycles. The standard InChI is InChI=1S/C23H23FN6O2/c1-29(13-17-10-27-28-21(17)15-4-6-18(24)7-5-15)23(32)16-8-19-22(25-9-16)26-11-20(31)30(19)12-14-2-3-14/h4-10,14H,2-3,11-13H2,1H3,(H,25,26)(H,27,28). The van der Waals surface area contributed by atoms with Crippen molar-refractivity contribution >= 4 is 23.3 Å². The number of carbonyl (C=O) groups excluding carboxylic acids is 2. The lowest BCUT2D eigenvalue weighted by Gasteiger charge is -2.30. The van der Waals surface area contributed by atoms with E-state index in [1.807, 2.05) is 0 Å². The summed E-state index contributed by atoms with van der Waals surface area (Å²) in [5.74, 6) is 0.615. The summed E-state index contributed by atoms with van der Waals surface area (Å²) in [7, 11) is 1.70. The first-order valence-corrected chi connectivity index (χ1v) is 10.6. The first kappa shape index (κ1) is 20.2. The van der Waals surface area contributed by atoms with Crippen LogP contribution in [-0.4, -0.2) is 52.0 Å². The highest BCUT2D eigenvalue weighted by Crippen LogP contribution is 2.35. The van der Waals surface area contributed by atoms with Crippen molar-refractivity contribution < 1.29 is 14.0 Å². The van der Waals surface area contributed by atoms with E-state index in [2.05, 4.69) is 20.5 Å². The van der Waals surface area contributed by atoms with Gasteiger partial charge >= 0.3 is 0 Å². The molecule has 1 saturated carbocycles. The minimum atomic E-state index is -0.314. The van der Waals surface area contributed by atoms with Gasteiger partial charge in [-0.3, -0.25) is 14.7 Å². The molecule has 1 aliphatic carbocycles. The second-order valence-electron chi connectivity index (χ2n) is 8.33. The minimum absolute atomic E-state index is 0.00788.